The van der Waals surface area contributed by atoms with Gasteiger partial charge in [0.05, 0.1) is 0 Å². The SMILES string of the molecule is CCNCc1ccnc(Oc2ccc(C)c(C)c2)c1F. The molecule has 0 spiro atoms. The molecule has 3 nitrogen and oxygen atoms in total. The summed E-state index contributed by atoms with van der Waals surface area (Å²) in [6, 6.07) is 7.31. The topological polar surface area (TPSA) is 34.2 Å². The molecule has 2 aromatic rings. The molecule has 0 atom stereocenters. The second-order valence-corrected chi connectivity index (χ2v) is 4.72. The molecule has 0 saturated heterocycles. The summed E-state index contributed by atoms with van der Waals surface area (Å²) in [6.07, 6.45) is 1.56. The van der Waals surface area contributed by atoms with Crippen LogP contribution in [0, 0.1) is 19.7 Å². The van der Waals surface area contributed by atoms with Crippen molar-refractivity contribution in [2.24, 2.45) is 0 Å². The van der Waals surface area contributed by atoms with Crippen molar-refractivity contribution >= 4 is 0 Å². The van der Waals surface area contributed by atoms with Gasteiger partial charge in [-0.3, -0.25) is 0 Å². The van der Waals surface area contributed by atoms with Crippen LogP contribution in [0.1, 0.15) is 23.6 Å². The lowest BCUT2D eigenvalue weighted by Crippen LogP contribution is -2.13. The number of nitrogens with zero attached hydrogens (tertiary/aromatic N) is 1. The van der Waals surface area contributed by atoms with Gasteiger partial charge in [0.2, 0.25) is 0 Å². The van der Waals surface area contributed by atoms with Gasteiger partial charge < -0.3 is 10.1 Å². The quantitative estimate of drug-likeness (QED) is 0.902. The van der Waals surface area contributed by atoms with Crippen LogP contribution in [0.5, 0.6) is 11.6 Å². The first-order chi connectivity index (χ1) is 9.61. The zero-order chi connectivity index (χ0) is 14.5. The van der Waals surface area contributed by atoms with Crippen molar-refractivity contribution in [2.75, 3.05) is 6.54 Å². The number of benzene rings is 1. The summed E-state index contributed by atoms with van der Waals surface area (Å²) in [7, 11) is 0. The Morgan fingerprint density at radius 3 is 2.70 bits per heavy atom. The molecule has 0 aliphatic carbocycles. The van der Waals surface area contributed by atoms with E-state index in [9.17, 15) is 4.39 Å². The van der Waals surface area contributed by atoms with E-state index in [1.165, 1.54) is 5.56 Å². The Morgan fingerprint density at radius 2 is 2.00 bits per heavy atom. The number of nitrogens with one attached hydrogen (secondary N) is 1. The maximum atomic E-state index is 14.2. The average Bonchev–Trinajstić information content (AvgIpc) is 2.44. The molecule has 106 valence electrons. The highest BCUT2D eigenvalue weighted by Gasteiger charge is 2.11. The summed E-state index contributed by atoms with van der Waals surface area (Å²) in [5.41, 5.74) is 2.83. The number of aryl methyl sites for hydroxylation is 2. The monoisotopic (exact) mass is 274 g/mol. The average molecular weight is 274 g/mol. The molecule has 0 fully saturated rings. The third kappa shape index (κ3) is 3.33. The fourth-order valence-corrected chi connectivity index (χ4v) is 1.82. The number of aromatic nitrogens is 1. The number of hydrogen-bond donors (Lipinski definition) is 1. The van der Waals surface area contributed by atoms with Crippen molar-refractivity contribution in [3.05, 3.63) is 53.0 Å². The molecule has 0 unspecified atom stereocenters. The third-order valence-corrected chi connectivity index (χ3v) is 3.20. The van der Waals surface area contributed by atoms with Crippen molar-refractivity contribution in [2.45, 2.75) is 27.3 Å². The van der Waals surface area contributed by atoms with E-state index in [0.717, 1.165) is 12.1 Å². The van der Waals surface area contributed by atoms with Gasteiger partial charge >= 0.3 is 0 Å². The van der Waals surface area contributed by atoms with Crippen LogP contribution in [0.4, 0.5) is 4.39 Å². The van der Waals surface area contributed by atoms with Gasteiger partial charge in [-0.1, -0.05) is 13.0 Å². The van der Waals surface area contributed by atoms with Crippen LogP contribution in [0.3, 0.4) is 0 Å². The molecule has 4 heteroatoms. The minimum atomic E-state index is -0.410. The van der Waals surface area contributed by atoms with Crippen molar-refractivity contribution in [3.63, 3.8) is 0 Å². The van der Waals surface area contributed by atoms with Crippen molar-refractivity contribution in [1.82, 2.24) is 10.3 Å². The summed E-state index contributed by atoms with van der Waals surface area (Å²) in [5, 5.41) is 3.09. The van der Waals surface area contributed by atoms with Crippen LogP contribution in [-0.4, -0.2) is 11.5 Å². The Bertz CT molecular complexity index is 599. The molecular weight excluding hydrogens is 255 g/mol. The highest BCUT2D eigenvalue weighted by molar-refractivity contribution is 5.36. The number of hydrogen-bond acceptors (Lipinski definition) is 3. The lowest BCUT2D eigenvalue weighted by atomic mass is 10.1. The van der Waals surface area contributed by atoms with Gasteiger partial charge in [-0.2, -0.15) is 0 Å². The van der Waals surface area contributed by atoms with Crippen LogP contribution in [0.25, 0.3) is 0 Å². The lowest BCUT2D eigenvalue weighted by molar-refractivity contribution is 0.417. The summed E-state index contributed by atoms with van der Waals surface area (Å²) in [5.74, 6) is 0.204. The van der Waals surface area contributed by atoms with Crippen molar-refractivity contribution in [3.8, 4) is 11.6 Å². The predicted octanol–water partition coefficient (Wildman–Crippen LogP) is 3.74. The van der Waals surface area contributed by atoms with Crippen LogP contribution < -0.4 is 10.1 Å². The number of halogens is 1. The third-order valence-electron chi connectivity index (χ3n) is 3.20. The predicted molar refractivity (Wildman–Crippen MR) is 77.6 cm³/mol. The van der Waals surface area contributed by atoms with E-state index >= 15 is 0 Å². The van der Waals surface area contributed by atoms with E-state index in [4.69, 9.17) is 4.74 Å². The molecule has 0 saturated carbocycles. The fraction of sp³-hybridized carbons (Fsp3) is 0.312. The molecule has 0 bridgehead atoms. The molecule has 2 rings (SSSR count). The number of pyridine rings is 1. The van der Waals surface area contributed by atoms with Gasteiger partial charge in [-0.05, 0) is 49.7 Å². The Morgan fingerprint density at radius 1 is 1.20 bits per heavy atom. The van der Waals surface area contributed by atoms with Gasteiger partial charge in [-0.15, -0.1) is 0 Å². The van der Waals surface area contributed by atoms with Crippen molar-refractivity contribution < 1.29 is 9.13 Å². The number of rotatable bonds is 5. The molecular formula is C16H19FN2O. The van der Waals surface area contributed by atoms with E-state index in [2.05, 4.69) is 10.3 Å². The highest BCUT2D eigenvalue weighted by Crippen LogP contribution is 2.25. The first-order valence-electron chi connectivity index (χ1n) is 6.71. The number of ether oxygens (including phenoxy) is 1. The Hall–Kier alpha value is -1.94. The Kier molecular flexibility index (Phi) is 4.69. The van der Waals surface area contributed by atoms with Crippen LogP contribution in [0.2, 0.25) is 0 Å². The molecule has 0 aliphatic heterocycles. The molecule has 20 heavy (non-hydrogen) atoms. The molecule has 1 aromatic carbocycles. The highest BCUT2D eigenvalue weighted by atomic mass is 19.1. The minimum absolute atomic E-state index is 0.0173. The van der Waals surface area contributed by atoms with E-state index < -0.39 is 5.82 Å². The Balaban J connectivity index is 2.22. The van der Waals surface area contributed by atoms with Gasteiger partial charge in [0.1, 0.15) is 5.75 Å². The van der Waals surface area contributed by atoms with E-state index in [0.29, 0.717) is 17.9 Å². The summed E-state index contributed by atoms with van der Waals surface area (Å²) in [4.78, 5) is 3.97. The first kappa shape index (κ1) is 14.5. The summed E-state index contributed by atoms with van der Waals surface area (Å²) >= 11 is 0. The lowest BCUT2D eigenvalue weighted by Gasteiger charge is -2.10. The minimum Gasteiger partial charge on any atom is -0.436 e. The summed E-state index contributed by atoms with van der Waals surface area (Å²) < 4.78 is 19.8. The maximum Gasteiger partial charge on any atom is 0.256 e. The van der Waals surface area contributed by atoms with Crippen LogP contribution in [-0.2, 0) is 6.54 Å². The molecule has 1 aromatic heterocycles. The van der Waals surface area contributed by atoms with E-state index in [-0.39, 0.29) is 5.88 Å². The molecule has 1 N–H and O–H groups in total. The molecule has 1 heterocycles. The zero-order valence-corrected chi connectivity index (χ0v) is 12.0. The van der Waals surface area contributed by atoms with Gasteiger partial charge in [0.15, 0.2) is 5.82 Å². The fourth-order valence-electron chi connectivity index (χ4n) is 1.82. The molecule has 0 radical (unpaired) electrons. The van der Waals surface area contributed by atoms with Gasteiger partial charge in [0, 0.05) is 18.3 Å². The normalized spacial score (nSPS) is 10.6. The Labute approximate surface area is 118 Å². The summed E-state index contributed by atoms with van der Waals surface area (Å²) in [6.45, 7) is 7.25. The molecule has 0 amide bonds. The van der Waals surface area contributed by atoms with Crippen LogP contribution in [0.15, 0.2) is 30.5 Å². The maximum absolute atomic E-state index is 14.2. The van der Waals surface area contributed by atoms with E-state index in [1.54, 1.807) is 12.3 Å². The zero-order valence-electron chi connectivity index (χ0n) is 12.0. The smallest absolute Gasteiger partial charge is 0.256 e. The first-order valence-corrected chi connectivity index (χ1v) is 6.71. The standard InChI is InChI=1S/C16H19FN2O/c1-4-18-10-13-7-8-19-16(15(13)17)20-14-6-5-11(2)12(3)9-14/h5-9,18H,4,10H2,1-3H3. The molecule has 0 aliphatic rings. The second kappa shape index (κ2) is 6.48. The van der Waals surface area contributed by atoms with E-state index in [1.807, 2.05) is 39.0 Å². The largest absolute Gasteiger partial charge is 0.436 e. The second-order valence-electron chi connectivity index (χ2n) is 4.72. The van der Waals surface area contributed by atoms with Crippen LogP contribution >= 0.6 is 0 Å². The van der Waals surface area contributed by atoms with Gasteiger partial charge in [0.25, 0.3) is 5.88 Å². The van der Waals surface area contributed by atoms with Gasteiger partial charge in [-0.25, -0.2) is 9.37 Å². The van der Waals surface area contributed by atoms with Crippen molar-refractivity contribution in [1.29, 1.82) is 0 Å².